The summed E-state index contributed by atoms with van der Waals surface area (Å²) in [6, 6.07) is 36.7. The molecule has 1 aromatic heterocycles. The zero-order chi connectivity index (χ0) is 24.6. The van der Waals surface area contributed by atoms with Crippen LogP contribution in [0.4, 0.5) is 0 Å². The fraction of sp³-hybridized carbons (Fsp3) is 0.0333. The van der Waals surface area contributed by atoms with Crippen LogP contribution in [-0.4, -0.2) is 21.9 Å². The van der Waals surface area contributed by atoms with Gasteiger partial charge in [0.25, 0.3) is 5.91 Å². The third kappa shape index (κ3) is 5.39. The summed E-state index contributed by atoms with van der Waals surface area (Å²) >= 11 is 0. The highest BCUT2D eigenvalue weighted by atomic mass is 16.5. The van der Waals surface area contributed by atoms with E-state index in [-0.39, 0.29) is 5.91 Å². The molecule has 0 aliphatic rings. The highest BCUT2D eigenvalue weighted by Crippen LogP contribution is 2.23. The molecular formula is C30H24N4O2. The van der Waals surface area contributed by atoms with Crippen molar-refractivity contribution < 1.29 is 9.53 Å². The Morgan fingerprint density at radius 3 is 2.22 bits per heavy atom. The Morgan fingerprint density at radius 2 is 1.47 bits per heavy atom. The molecule has 6 nitrogen and oxygen atoms in total. The monoisotopic (exact) mass is 472 g/mol. The molecule has 36 heavy (non-hydrogen) atoms. The number of para-hydroxylation sites is 2. The smallest absolute Gasteiger partial charge is 0.275 e. The number of hydrogen-bond donors (Lipinski definition) is 1. The number of aromatic nitrogens is 2. The molecule has 0 bridgehead atoms. The van der Waals surface area contributed by atoms with E-state index in [2.05, 4.69) is 10.5 Å². The normalized spacial score (nSPS) is 10.9. The van der Waals surface area contributed by atoms with Crippen molar-refractivity contribution in [2.45, 2.75) is 6.61 Å². The van der Waals surface area contributed by atoms with Crippen LogP contribution in [0.2, 0.25) is 0 Å². The van der Waals surface area contributed by atoms with Crippen LogP contribution >= 0.6 is 0 Å². The fourth-order valence-corrected chi connectivity index (χ4v) is 3.75. The number of benzene rings is 4. The molecule has 0 aliphatic heterocycles. The molecule has 4 aromatic carbocycles. The molecule has 0 aliphatic carbocycles. The van der Waals surface area contributed by atoms with Gasteiger partial charge in [-0.15, -0.1) is 0 Å². The number of hydrogen-bond acceptors (Lipinski definition) is 4. The topological polar surface area (TPSA) is 68.5 Å². The van der Waals surface area contributed by atoms with Gasteiger partial charge in [0.05, 0.1) is 17.5 Å². The third-order valence-electron chi connectivity index (χ3n) is 5.55. The van der Waals surface area contributed by atoms with Crippen molar-refractivity contribution in [2.24, 2.45) is 5.10 Å². The van der Waals surface area contributed by atoms with Crippen LogP contribution in [0.3, 0.4) is 0 Å². The van der Waals surface area contributed by atoms with Gasteiger partial charge in [0.1, 0.15) is 18.1 Å². The molecule has 1 heterocycles. The second-order valence-electron chi connectivity index (χ2n) is 8.05. The molecular weight excluding hydrogens is 448 g/mol. The summed E-state index contributed by atoms with van der Waals surface area (Å²) < 4.78 is 7.72. The number of nitrogens with one attached hydrogen (secondary N) is 1. The fourth-order valence-electron chi connectivity index (χ4n) is 3.75. The van der Waals surface area contributed by atoms with E-state index in [1.165, 1.54) is 0 Å². The lowest BCUT2D eigenvalue weighted by atomic mass is 10.1. The molecule has 0 saturated heterocycles. The van der Waals surface area contributed by atoms with Gasteiger partial charge in [0, 0.05) is 17.3 Å². The first-order valence-electron chi connectivity index (χ1n) is 11.6. The van der Waals surface area contributed by atoms with Crippen molar-refractivity contribution in [3.8, 4) is 22.7 Å². The van der Waals surface area contributed by atoms with Crippen molar-refractivity contribution >= 4 is 12.1 Å². The van der Waals surface area contributed by atoms with Crippen molar-refractivity contribution in [2.75, 3.05) is 0 Å². The summed E-state index contributed by atoms with van der Waals surface area (Å²) in [6.45, 7) is 0.369. The van der Waals surface area contributed by atoms with Gasteiger partial charge in [0.2, 0.25) is 0 Å². The predicted octanol–water partition coefficient (Wildman–Crippen LogP) is 5.88. The van der Waals surface area contributed by atoms with E-state index in [4.69, 9.17) is 9.84 Å². The van der Waals surface area contributed by atoms with Gasteiger partial charge >= 0.3 is 0 Å². The number of carbonyl (C=O) groups is 1. The van der Waals surface area contributed by atoms with Crippen LogP contribution in [0.25, 0.3) is 16.9 Å². The summed E-state index contributed by atoms with van der Waals surface area (Å²) in [6.07, 6.45) is 3.50. The van der Waals surface area contributed by atoms with Crippen LogP contribution in [-0.2, 0) is 6.61 Å². The highest BCUT2D eigenvalue weighted by molar-refractivity contribution is 5.98. The highest BCUT2D eigenvalue weighted by Gasteiger charge is 2.13. The summed E-state index contributed by atoms with van der Waals surface area (Å²) in [7, 11) is 0. The number of nitrogens with zero attached hydrogens (tertiary/aromatic N) is 3. The number of ether oxygens (including phenoxy) is 1. The molecule has 6 heteroatoms. The van der Waals surface area contributed by atoms with Gasteiger partial charge in [-0.05, 0) is 29.8 Å². The van der Waals surface area contributed by atoms with Crippen molar-refractivity contribution in [3.05, 3.63) is 138 Å². The molecule has 1 N–H and O–H groups in total. The lowest BCUT2D eigenvalue weighted by molar-refractivity contribution is 0.0950. The molecule has 176 valence electrons. The minimum atomic E-state index is -0.355. The average molecular weight is 473 g/mol. The van der Waals surface area contributed by atoms with E-state index in [1.807, 2.05) is 103 Å². The zero-order valence-corrected chi connectivity index (χ0v) is 19.5. The summed E-state index contributed by atoms with van der Waals surface area (Å²) in [5, 5.41) is 9.00. The van der Waals surface area contributed by atoms with Gasteiger partial charge in [-0.25, -0.2) is 10.1 Å². The summed E-state index contributed by atoms with van der Waals surface area (Å²) in [5.74, 6) is 0.141. The molecule has 0 spiro atoms. The SMILES string of the molecule is O=C(NN=Cc1cn(-c2ccccc2)nc1-c1ccccc1)c1ccccc1OCc1ccccc1. The number of hydrazone groups is 1. The summed E-state index contributed by atoms with van der Waals surface area (Å²) in [5.41, 5.74) is 7.50. The zero-order valence-electron chi connectivity index (χ0n) is 19.5. The van der Waals surface area contributed by atoms with E-state index >= 15 is 0 Å². The van der Waals surface area contributed by atoms with E-state index in [9.17, 15) is 4.79 Å². The maximum absolute atomic E-state index is 12.9. The van der Waals surface area contributed by atoms with Gasteiger partial charge < -0.3 is 4.74 Å². The van der Waals surface area contributed by atoms with Crippen LogP contribution in [0.15, 0.2) is 127 Å². The van der Waals surface area contributed by atoms with Gasteiger partial charge in [-0.3, -0.25) is 4.79 Å². The average Bonchev–Trinajstić information content (AvgIpc) is 3.38. The molecule has 0 fully saturated rings. The van der Waals surface area contributed by atoms with Gasteiger partial charge in [-0.2, -0.15) is 10.2 Å². The molecule has 5 aromatic rings. The molecule has 0 saturated carbocycles. The molecule has 0 unspecified atom stereocenters. The van der Waals surface area contributed by atoms with Crippen LogP contribution in [0, 0.1) is 0 Å². The first kappa shape index (κ1) is 22.8. The maximum Gasteiger partial charge on any atom is 0.275 e. The Bertz CT molecular complexity index is 1460. The minimum absolute atomic E-state index is 0.355. The molecule has 1 amide bonds. The standard InChI is InChI=1S/C30H24N4O2/c35-30(27-18-10-11-19-28(27)36-22-23-12-4-1-5-13-23)32-31-20-25-21-34(26-16-8-3-9-17-26)33-29(25)24-14-6-2-7-15-24/h1-21H,22H2,(H,32,35). The summed E-state index contributed by atoms with van der Waals surface area (Å²) in [4.78, 5) is 12.9. The number of amides is 1. The second-order valence-corrected chi connectivity index (χ2v) is 8.05. The van der Waals surface area contributed by atoms with E-state index in [1.54, 1.807) is 29.1 Å². The van der Waals surface area contributed by atoms with E-state index in [0.29, 0.717) is 17.9 Å². The van der Waals surface area contributed by atoms with E-state index < -0.39 is 0 Å². The van der Waals surface area contributed by atoms with Crippen LogP contribution < -0.4 is 10.2 Å². The minimum Gasteiger partial charge on any atom is -0.488 e. The van der Waals surface area contributed by atoms with Crippen molar-refractivity contribution in [1.82, 2.24) is 15.2 Å². The lowest BCUT2D eigenvalue weighted by Gasteiger charge is -2.10. The first-order valence-corrected chi connectivity index (χ1v) is 11.6. The Morgan fingerprint density at radius 1 is 0.833 bits per heavy atom. The Balaban J connectivity index is 1.35. The second kappa shape index (κ2) is 11.0. The maximum atomic E-state index is 12.9. The van der Waals surface area contributed by atoms with Gasteiger partial charge in [-0.1, -0.05) is 91.0 Å². The predicted molar refractivity (Wildman–Crippen MR) is 141 cm³/mol. The van der Waals surface area contributed by atoms with Crippen molar-refractivity contribution in [1.29, 1.82) is 0 Å². The number of carbonyl (C=O) groups excluding carboxylic acids is 1. The number of rotatable bonds is 8. The van der Waals surface area contributed by atoms with Crippen molar-refractivity contribution in [3.63, 3.8) is 0 Å². The first-order chi connectivity index (χ1) is 17.8. The third-order valence-corrected chi connectivity index (χ3v) is 5.55. The molecule has 0 atom stereocenters. The Hall–Kier alpha value is -4.97. The lowest BCUT2D eigenvalue weighted by Crippen LogP contribution is -2.18. The quantitative estimate of drug-likeness (QED) is 0.226. The largest absolute Gasteiger partial charge is 0.488 e. The Kier molecular flexibility index (Phi) is 6.95. The molecule has 5 rings (SSSR count). The molecule has 0 radical (unpaired) electrons. The van der Waals surface area contributed by atoms with E-state index in [0.717, 1.165) is 28.1 Å². The van der Waals surface area contributed by atoms with Gasteiger partial charge in [0.15, 0.2) is 0 Å². The van der Waals surface area contributed by atoms with Crippen LogP contribution in [0.1, 0.15) is 21.5 Å². The van der Waals surface area contributed by atoms with Crippen LogP contribution in [0.5, 0.6) is 5.75 Å². The Labute approximate surface area is 209 Å².